The van der Waals surface area contributed by atoms with Crippen LogP contribution in [0.25, 0.3) is 0 Å². The Balaban J connectivity index is 3.01. The highest BCUT2D eigenvalue weighted by Crippen LogP contribution is 2.24. The topological polar surface area (TPSA) is 63.3 Å². The lowest BCUT2D eigenvalue weighted by Gasteiger charge is -2.19. The number of rotatable bonds is 4. The van der Waals surface area contributed by atoms with E-state index in [4.69, 9.17) is 10.8 Å². The minimum Gasteiger partial charge on any atom is -0.481 e. The number of benzene rings is 1. The molecule has 0 aliphatic rings. The lowest BCUT2D eigenvalue weighted by Crippen LogP contribution is -2.27. The van der Waals surface area contributed by atoms with Crippen LogP contribution in [0, 0.1) is 12.7 Å². The lowest BCUT2D eigenvalue weighted by molar-refractivity contribution is -0.137. The van der Waals surface area contributed by atoms with Gasteiger partial charge >= 0.3 is 5.97 Å². The summed E-state index contributed by atoms with van der Waals surface area (Å²) in [6.07, 6.45) is -0.0832. The second-order valence-corrected chi connectivity index (χ2v) is 4.07. The summed E-state index contributed by atoms with van der Waals surface area (Å²) in [4.78, 5) is 10.7. The highest BCUT2D eigenvalue weighted by Gasteiger charge is 2.20. The van der Waals surface area contributed by atoms with Crippen LogP contribution >= 0.6 is 0 Å². The molecule has 1 rings (SSSR count). The molecule has 0 aliphatic heterocycles. The highest BCUT2D eigenvalue weighted by atomic mass is 19.1. The Labute approximate surface area is 94.1 Å². The third-order valence-corrected chi connectivity index (χ3v) is 2.65. The maximum Gasteiger partial charge on any atom is 0.304 e. The van der Waals surface area contributed by atoms with Crippen molar-refractivity contribution in [3.63, 3.8) is 0 Å². The molecule has 3 N–H and O–H groups in total. The molecule has 2 atom stereocenters. The van der Waals surface area contributed by atoms with Crippen molar-refractivity contribution in [2.45, 2.75) is 32.2 Å². The van der Waals surface area contributed by atoms with Gasteiger partial charge in [-0.25, -0.2) is 4.39 Å². The van der Waals surface area contributed by atoms with Crippen molar-refractivity contribution in [2.24, 2.45) is 5.73 Å². The van der Waals surface area contributed by atoms with Crippen LogP contribution in [-0.4, -0.2) is 17.1 Å². The fourth-order valence-corrected chi connectivity index (χ4v) is 1.64. The molecule has 1 aromatic carbocycles. The predicted molar refractivity (Wildman–Crippen MR) is 59.8 cm³/mol. The maximum absolute atomic E-state index is 13.4. The van der Waals surface area contributed by atoms with E-state index in [1.165, 1.54) is 6.07 Å². The number of aliphatic carboxylic acids is 1. The van der Waals surface area contributed by atoms with Crippen LogP contribution < -0.4 is 5.73 Å². The molecule has 0 radical (unpaired) electrons. The van der Waals surface area contributed by atoms with Gasteiger partial charge in [-0.15, -0.1) is 0 Å². The standard InChI is InChI=1S/C12H16FNO2/c1-7-3-4-9(5-11(7)13)10(8(2)14)6-12(15)16/h3-5,8,10H,6,14H2,1-2H3,(H,15,16). The fraction of sp³-hybridized carbons (Fsp3) is 0.417. The van der Waals surface area contributed by atoms with Gasteiger partial charge in [-0.05, 0) is 31.0 Å². The average Bonchev–Trinajstić information content (AvgIpc) is 2.18. The zero-order chi connectivity index (χ0) is 12.3. The molecule has 0 saturated heterocycles. The van der Waals surface area contributed by atoms with Crippen molar-refractivity contribution in [3.8, 4) is 0 Å². The first-order chi connectivity index (χ1) is 7.41. The van der Waals surface area contributed by atoms with E-state index in [1.807, 2.05) is 0 Å². The second-order valence-electron chi connectivity index (χ2n) is 4.07. The van der Waals surface area contributed by atoms with Crippen LogP contribution in [0.1, 0.15) is 30.4 Å². The number of hydrogen-bond donors (Lipinski definition) is 2. The van der Waals surface area contributed by atoms with Crippen LogP contribution in [0.4, 0.5) is 4.39 Å². The summed E-state index contributed by atoms with van der Waals surface area (Å²) in [6, 6.07) is 4.42. The molecule has 16 heavy (non-hydrogen) atoms. The van der Waals surface area contributed by atoms with Crippen LogP contribution in [0.3, 0.4) is 0 Å². The first-order valence-corrected chi connectivity index (χ1v) is 5.15. The Bertz CT molecular complexity index is 391. The Morgan fingerprint density at radius 3 is 2.62 bits per heavy atom. The van der Waals surface area contributed by atoms with E-state index in [9.17, 15) is 9.18 Å². The van der Waals surface area contributed by atoms with Crippen LogP contribution in [0.5, 0.6) is 0 Å². The molecule has 1 aromatic rings. The summed E-state index contributed by atoms with van der Waals surface area (Å²) in [6.45, 7) is 3.39. The molecule has 88 valence electrons. The molecular weight excluding hydrogens is 209 g/mol. The monoisotopic (exact) mass is 225 g/mol. The zero-order valence-corrected chi connectivity index (χ0v) is 9.40. The Kier molecular flexibility index (Phi) is 4.01. The normalized spacial score (nSPS) is 14.5. The summed E-state index contributed by atoms with van der Waals surface area (Å²) in [5.41, 5.74) is 6.90. The molecule has 0 aliphatic carbocycles. The summed E-state index contributed by atoms with van der Waals surface area (Å²) in [5.74, 6) is -1.61. The average molecular weight is 225 g/mol. The SMILES string of the molecule is Cc1ccc(C(CC(=O)O)C(C)N)cc1F. The smallest absolute Gasteiger partial charge is 0.304 e. The number of carboxylic acid groups (broad SMARTS) is 1. The van der Waals surface area contributed by atoms with Gasteiger partial charge in [0, 0.05) is 12.0 Å². The van der Waals surface area contributed by atoms with E-state index in [2.05, 4.69) is 0 Å². The van der Waals surface area contributed by atoms with Crippen LogP contribution in [0.2, 0.25) is 0 Å². The van der Waals surface area contributed by atoms with Crippen molar-refractivity contribution in [1.29, 1.82) is 0 Å². The van der Waals surface area contributed by atoms with Crippen molar-refractivity contribution < 1.29 is 14.3 Å². The third kappa shape index (κ3) is 3.03. The number of carbonyl (C=O) groups is 1. The number of nitrogens with two attached hydrogens (primary N) is 1. The van der Waals surface area contributed by atoms with Gasteiger partial charge < -0.3 is 10.8 Å². The summed E-state index contributed by atoms with van der Waals surface area (Å²) in [5, 5.41) is 8.77. The predicted octanol–water partition coefficient (Wildman–Crippen LogP) is 2.04. The van der Waals surface area contributed by atoms with E-state index < -0.39 is 5.97 Å². The first kappa shape index (κ1) is 12.6. The molecule has 4 heteroatoms. The van der Waals surface area contributed by atoms with Gasteiger partial charge in [-0.3, -0.25) is 4.79 Å². The van der Waals surface area contributed by atoms with E-state index in [0.717, 1.165) is 0 Å². The zero-order valence-electron chi connectivity index (χ0n) is 9.40. The summed E-state index contributed by atoms with van der Waals surface area (Å²) < 4.78 is 13.4. The van der Waals surface area contributed by atoms with Gasteiger partial charge in [0.25, 0.3) is 0 Å². The molecule has 0 aromatic heterocycles. The molecule has 0 heterocycles. The van der Waals surface area contributed by atoms with Crippen molar-refractivity contribution in [1.82, 2.24) is 0 Å². The van der Waals surface area contributed by atoms with Gasteiger partial charge in [0.05, 0.1) is 6.42 Å². The van der Waals surface area contributed by atoms with E-state index in [0.29, 0.717) is 11.1 Å². The maximum atomic E-state index is 13.4. The van der Waals surface area contributed by atoms with Crippen LogP contribution in [0.15, 0.2) is 18.2 Å². The molecule has 0 fully saturated rings. The number of halogens is 1. The van der Waals surface area contributed by atoms with Crippen molar-refractivity contribution in [2.75, 3.05) is 0 Å². The van der Waals surface area contributed by atoms with Gasteiger partial charge in [0.2, 0.25) is 0 Å². The van der Waals surface area contributed by atoms with Gasteiger partial charge in [0.1, 0.15) is 5.82 Å². The number of hydrogen-bond acceptors (Lipinski definition) is 2. The second kappa shape index (κ2) is 5.07. The largest absolute Gasteiger partial charge is 0.481 e. The molecular formula is C12H16FNO2. The van der Waals surface area contributed by atoms with Gasteiger partial charge in [-0.2, -0.15) is 0 Å². The number of carboxylic acids is 1. The van der Waals surface area contributed by atoms with Crippen molar-refractivity contribution in [3.05, 3.63) is 35.1 Å². The minimum atomic E-state index is -0.928. The molecule has 0 amide bonds. The number of aryl methyl sites for hydroxylation is 1. The Morgan fingerprint density at radius 2 is 2.19 bits per heavy atom. The third-order valence-electron chi connectivity index (χ3n) is 2.65. The minimum absolute atomic E-state index is 0.0832. The molecule has 3 nitrogen and oxygen atoms in total. The Hall–Kier alpha value is -1.42. The van der Waals surface area contributed by atoms with E-state index >= 15 is 0 Å². The summed E-state index contributed by atoms with van der Waals surface area (Å²) in [7, 11) is 0. The Morgan fingerprint density at radius 1 is 1.56 bits per heavy atom. The fourth-order valence-electron chi connectivity index (χ4n) is 1.64. The van der Waals surface area contributed by atoms with Crippen LogP contribution in [-0.2, 0) is 4.79 Å². The van der Waals surface area contributed by atoms with Crippen molar-refractivity contribution >= 4 is 5.97 Å². The first-order valence-electron chi connectivity index (χ1n) is 5.15. The summed E-state index contributed by atoms with van der Waals surface area (Å²) >= 11 is 0. The van der Waals surface area contributed by atoms with E-state index in [-0.39, 0.29) is 24.2 Å². The van der Waals surface area contributed by atoms with Gasteiger partial charge in [0.15, 0.2) is 0 Å². The quantitative estimate of drug-likeness (QED) is 0.824. The molecule has 0 bridgehead atoms. The van der Waals surface area contributed by atoms with E-state index in [1.54, 1.807) is 26.0 Å². The molecule has 0 spiro atoms. The lowest BCUT2D eigenvalue weighted by atomic mass is 9.89. The van der Waals surface area contributed by atoms with Gasteiger partial charge in [-0.1, -0.05) is 12.1 Å². The molecule has 0 saturated carbocycles. The highest BCUT2D eigenvalue weighted by molar-refractivity contribution is 5.68. The molecule has 2 unspecified atom stereocenters.